The molecule has 0 spiro atoms. The largest absolute Gasteiger partial charge is 0.398 e. The third-order valence-electron chi connectivity index (χ3n) is 3.36. The third kappa shape index (κ3) is 1.74. The molecule has 2 aromatic rings. The van der Waals surface area contributed by atoms with Gasteiger partial charge in [-0.15, -0.1) is 0 Å². The Morgan fingerprint density at radius 1 is 1.44 bits per heavy atom. The smallest absolute Gasteiger partial charge is 0.0781 e. The number of hydrogen-bond acceptors (Lipinski definition) is 4. The van der Waals surface area contributed by atoms with Crippen molar-refractivity contribution in [1.82, 2.24) is 4.98 Å². The number of pyridine rings is 1. The number of methoxy groups -OCH3 is 1. The molecule has 0 bridgehead atoms. The van der Waals surface area contributed by atoms with Crippen molar-refractivity contribution in [2.75, 3.05) is 19.5 Å². The summed E-state index contributed by atoms with van der Waals surface area (Å²) in [4.78, 5) is 4.76. The van der Waals surface area contributed by atoms with Gasteiger partial charge in [0.1, 0.15) is 0 Å². The van der Waals surface area contributed by atoms with Gasteiger partial charge in [-0.3, -0.25) is 4.98 Å². The van der Waals surface area contributed by atoms with Crippen molar-refractivity contribution in [3.63, 3.8) is 0 Å². The zero-order chi connectivity index (χ0) is 12.5. The Morgan fingerprint density at radius 2 is 2.33 bits per heavy atom. The fraction of sp³-hybridized carbons (Fsp3) is 0.357. The van der Waals surface area contributed by atoms with E-state index in [9.17, 15) is 0 Å². The molecule has 1 aliphatic heterocycles. The Kier molecular flexibility index (Phi) is 2.89. The van der Waals surface area contributed by atoms with Crippen molar-refractivity contribution in [2.45, 2.75) is 19.6 Å². The fourth-order valence-corrected chi connectivity index (χ4v) is 2.44. The minimum absolute atomic E-state index is 0.555. The van der Waals surface area contributed by atoms with E-state index in [0.717, 1.165) is 46.4 Å². The monoisotopic (exact) mass is 244 g/mol. The number of benzene rings is 1. The van der Waals surface area contributed by atoms with Gasteiger partial charge in [0.25, 0.3) is 0 Å². The van der Waals surface area contributed by atoms with Crippen LogP contribution in [-0.2, 0) is 29.1 Å². The summed E-state index contributed by atoms with van der Waals surface area (Å²) in [5.41, 5.74) is 11.2. The second-order valence-corrected chi connectivity index (χ2v) is 4.50. The van der Waals surface area contributed by atoms with Gasteiger partial charge < -0.3 is 15.2 Å². The van der Waals surface area contributed by atoms with Gasteiger partial charge in [0.15, 0.2) is 0 Å². The maximum atomic E-state index is 6.24. The number of nitrogens with zero attached hydrogens (tertiary/aromatic N) is 1. The van der Waals surface area contributed by atoms with Crippen LogP contribution in [-0.4, -0.2) is 18.7 Å². The number of anilines is 1. The molecule has 2 N–H and O–H groups in total. The zero-order valence-corrected chi connectivity index (χ0v) is 10.4. The number of ether oxygens (including phenoxy) is 2. The highest BCUT2D eigenvalue weighted by Crippen LogP contribution is 2.30. The van der Waals surface area contributed by atoms with Crippen molar-refractivity contribution in [1.29, 1.82) is 0 Å². The summed E-state index contributed by atoms with van der Waals surface area (Å²) in [6.07, 6.45) is 0.830. The van der Waals surface area contributed by atoms with Crippen LogP contribution in [0, 0.1) is 0 Å². The van der Waals surface area contributed by atoms with E-state index in [0.29, 0.717) is 13.2 Å². The SMILES string of the molecule is COCc1cccc2c(N)c3c(nc12)CCOC3. The lowest BCUT2D eigenvalue weighted by Gasteiger charge is -2.19. The number of nitrogens with two attached hydrogens (primary N) is 1. The highest BCUT2D eigenvalue weighted by Gasteiger charge is 2.17. The minimum Gasteiger partial charge on any atom is -0.398 e. The molecule has 0 atom stereocenters. The number of nitrogen functional groups attached to an aromatic ring is 1. The third-order valence-corrected chi connectivity index (χ3v) is 3.36. The van der Waals surface area contributed by atoms with Crippen molar-refractivity contribution >= 4 is 16.6 Å². The molecule has 0 saturated heterocycles. The lowest BCUT2D eigenvalue weighted by molar-refractivity contribution is 0.110. The lowest BCUT2D eigenvalue weighted by atomic mass is 10.0. The van der Waals surface area contributed by atoms with Crippen LogP contribution in [0.25, 0.3) is 10.9 Å². The van der Waals surface area contributed by atoms with E-state index in [2.05, 4.69) is 0 Å². The van der Waals surface area contributed by atoms with Gasteiger partial charge in [-0.25, -0.2) is 0 Å². The first kappa shape index (κ1) is 11.4. The van der Waals surface area contributed by atoms with Crippen LogP contribution >= 0.6 is 0 Å². The first-order valence-corrected chi connectivity index (χ1v) is 6.06. The quantitative estimate of drug-likeness (QED) is 0.878. The molecule has 0 unspecified atom stereocenters. The summed E-state index contributed by atoms with van der Waals surface area (Å²) < 4.78 is 10.7. The molecule has 18 heavy (non-hydrogen) atoms. The highest BCUT2D eigenvalue weighted by atomic mass is 16.5. The van der Waals surface area contributed by atoms with Crippen molar-refractivity contribution in [3.8, 4) is 0 Å². The van der Waals surface area contributed by atoms with E-state index in [1.807, 2.05) is 18.2 Å². The van der Waals surface area contributed by atoms with Crippen molar-refractivity contribution < 1.29 is 9.47 Å². The first-order chi connectivity index (χ1) is 8.81. The fourth-order valence-electron chi connectivity index (χ4n) is 2.44. The standard InChI is InChI=1S/C14H16N2O2/c1-17-7-9-3-2-4-10-13(15)11-8-18-6-5-12(11)16-14(9)10/h2-4H,5-8H2,1H3,(H2,15,16). The normalized spacial score (nSPS) is 14.7. The second-order valence-electron chi connectivity index (χ2n) is 4.50. The Balaban J connectivity index is 2.27. The van der Waals surface area contributed by atoms with Crippen molar-refractivity contribution in [3.05, 3.63) is 35.0 Å². The predicted molar refractivity (Wildman–Crippen MR) is 70.2 cm³/mol. The number of fused-ring (bicyclic) bond motifs is 2. The van der Waals surface area contributed by atoms with Gasteiger partial charge in [0.2, 0.25) is 0 Å². The molecular weight excluding hydrogens is 228 g/mol. The average molecular weight is 244 g/mol. The summed E-state index contributed by atoms with van der Waals surface area (Å²) in [7, 11) is 1.69. The molecule has 1 aromatic heterocycles. The van der Waals surface area contributed by atoms with Gasteiger partial charge >= 0.3 is 0 Å². The number of aromatic nitrogens is 1. The van der Waals surface area contributed by atoms with Crippen LogP contribution in [0.5, 0.6) is 0 Å². The Morgan fingerprint density at radius 3 is 3.17 bits per heavy atom. The second kappa shape index (κ2) is 4.55. The van der Waals surface area contributed by atoms with E-state index < -0.39 is 0 Å². The van der Waals surface area contributed by atoms with Gasteiger partial charge in [0, 0.05) is 35.7 Å². The molecule has 0 fully saturated rings. The minimum atomic E-state index is 0.555. The van der Waals surface area contributed by atoms with E-state index in [1.165, 1.54) is 0 Å². The Labute approximate surface area is 106 Å². The molecule has 3 rings (SSSR count). The van der Waals surface area contributed by atoms with Gasteiger partial charge in [0.05, 0.1) is 31.0 Å². The molecule has 0 radical (unpaired) electrons. The van der Waals surface area contributed by atoms with Crippen LogP contribution in [0.1, 0.15) is 16.8 Å². The molecule has 4 heteroatoms. The van der Waals surface area contributed by atoms with Gasteiger partial charge in [-0.1, -0.05) is 18.2 Å². The van der Waals surface area contributed by atoms with Gasteiger partial charge in [-0.05, 0) is 0 Å². The molecular formula is C14H16N2O2. The molecule has 0 aliphatic carbocycles. The van der Waals surface area contributed by atoms with E-state index in [4.69, 9.17) is 20.2 Å². The number of para-hydroxylation sites is 1. The molecule has 1 aromatic carbocycles. The maximum absolute atomic E-state index is 6.24. The molecule has 2 heterocycles. The topological polar surface area (TPSA) is 57.4 Å². The zero-order valence-electron chi connectivity index (χ0n) is 10.4. The molecule has 94 valence electrons. The van der Waals surface area contributed by atoms with Crippen LogP contribution in [0.4, 0.5) is 5.69 Å². The van der Waals surface area contributed by atoms with E-state index in [1.54, 1.807) is 7.11 Å². The highest BCUT2D eigenvalue weighted by molar-refractivity contribution is 5.94. The number of rotatable bonds is 2. The van der Waals surface area contributed by atoms with E-state index >= 15 is 0 Å². The summed E-state index contributed by atoms with van der Waals surface area (Å²) >= 11 is 0. The Bertz CT molecular complexity index is 596. The molecule has 1 aliphatic rings. The maximum Gasteiger partial charge on any atom is 0.0781 e. The summed E-state index contributed by atoms with van der Waals surface area (Å²) in [5.74, 6) is 0. The summed E-state index contributed by atoms with van der Waals surface area (Å²) in [5, 5.41) is 0.994. The predicted octanol–water partition coefficient (Wildman–Crippen LogP) is 2.04. The van der Waals surface area contributed by atoms with Crippen LogP contribution in [0.15, 0.2) is 18.2 Å². The van der Waals surface area contributed by atoms with Crippen molar-refractivity contribution in [2.24, 2.45) is 0 Å². The molecule has 4 nitrogen and oxygen atoms in total. The molecule has 0 amide bonds. The van der Waals surface area contributed by atoms with Crippen LogP contribution in [0.2, 0.25) is 0 Å². The van der Waals surface area contributed by atoms with Crippen LogP contribution in [0.3, 0.4) is 0 Å². The van der Waals surface area contributed by atoms with Gasteiger partial charge in [-0.2, -0.15) is 0 Å². The average Bonchev–Trinajstić information content (AvgIpc) is 2.40. The first-order valence-electron chi connectivity index (χ1n) is 6.06. The van der Waals surface area contributed by atoms with E-state index in [-0.39, 0.29) is 0 Å². The number of hydrogen-bond donors (Lipinski definition) is 1. The summed E-state index contributed by atoms with van der Waals surface area (Å²) in [6, 6.07) is 6.03. The lowest BCUT2D eigenvalue weighted by Crippen LogP contribution is -2.15. The molecule has 0 saturated carbocycles. The Hall–Kier alpha value is -1.65. The summed E-state index contributed by atoms with van der Waals surface area (Å²) in [6.45, 7) is 1.84. The van der Waals surface area contributed by atoms with Crippen LogP contribution < -0.4 is 5.73 Å².